The molecule has 3 aromatic rings. The monoisotopic (exact) mass is 558 g/mol. The second-order valence-corrected chi connectivity index (χ2v) is 9.88. The van der Waals surface area contributed by atoms with E-state index in [0.717, 1.165) is 30.2 Å². The third-order valence-electron chi connectivity index (χ3n) is 7.02. The molecule has 0 fully saturated rings. The van der Waals surface area contributed by atoms with Crippen LogP contribution < -0.4 is 5.32 Å². The molecule has 0 unspecified atom stereocenters. The minimum atomic E-state index is -1.02. The first-order chi connectivity index (χ1) is 19.8. The van der Waals surface area contributed by atoms with Gasteiger partial charge in [0.2, 0.25) is 5.82 Å². The fourth-order valence-corrected chi connectivity index (χ4v) is 4.97. The number of hydrogen-bond donors (Lipinski definition) is 1. The zero-order chi connectivity index (χ0) is 29.4. The van der Waals surface area contributed by atoms with Crippen molar-refractivity contribution < 1.29 is 24.0 Å². The molecule has 214 valence electrons. The van der Waals surface area contributed by atoms with Crippen molar-refractivity contribution in [2.45, 2.75) is 45.4 Å². The molecule has 0 radical (unpaired) electrons. The van der Waals surface area contributed by atoms with Crippen LogP contribution in [0.5, 0.6) is 0 Å². The summed E-state index contributed by atoms with van der Waals surface area (Å²) < 4.78 is 12.6. The maximum absolute atomic E-state index is 13.5. The highest BCUT2D eigenvalue weighted by atomic mass is 16.6. The Labute approximate surface area is 238 Å². The number of nitrogens with zero attached hydrogens (tertiary/aromatic N) is 3. The zero-order valence-electron chi connectivity index (χ0n) is 23.5. The van der Waals surface area contributed by atoms with Gasteiger partial charge in [0.1, 0.15) is 12.1 Å². The van der Waals surface area contributed by atoms with Crippen LogP contribution in [0.1, 0.15) is 49.6 Å². The highest BCUT2D eigenvalue weighted by Gasteiger charge is 2.42. The van der Waals surface area contributed by atoms with E-state index in [-0.39, 0.29) is 36.0 Å². The normalized spacial score (nSPS) is 13.6. The number of allylic oxidation sites excluding steroid dienone is 2. The lowest BCUT2D eigenvalue weighted by molar-refractivity contribution is -0.391. The van der Waals surface area contributed by atoms with Crippen molar-refractivity contribution in [2.24, 2.45) is 7.05 Å². The predicted octanol–water partition coefficient (Wildman–Crippen LogP) is 4.92. The quantitative estimate of drug-likeness (QED) is 0.144. The molecule has 1 aliphatic heterocycles. The Morgan fingerprint density at radius 1 is 0.878 bits per heavy atom. The molecule has 10 heteroatoms. The summed E-state index contributed by atoms with van der Waals surface area (Å²) in [6.07, 6.45) is 3.81. The molecule has 10 nitrogen and oxygen atoms in total. The summed E-state index contributed by atoms with van der Waals surface area (Å²) in [5.74, 6) is -2.36. The van der Waals surface area contributed by atoms with Gasteiger partial charge in [-0.1, -0.05) is 60.7 Å². The second-order valence-electron chi connectivity index (χ2n) is 9.88. The number of nitrogens with one attached hydrogen (secondary N) is 1. The number of ether oxygens (including phenoxy) is 2. The zero-order valence-corrected chi connectivity index (χ0v) is 23.5. The number of esters is 2. The van der Waals surface area contributed by atoms with Crippen LogP contribution in [-0.4, -0.2) is 39.6 Å². The van der Waals surface area contributed by atoms with Crippen molar-refractivity contribution in [3.8, 4) is 0 Å². The summed E-state index contributed by atoms with van der Waals surface area (Å²) in [7, 11) is 1.48. The Morgan fingerprint density at radius 3 is 1.76 bits per heavy atom. The summed E-state index contributed by atoms with van der Waals surface area (Å²) in [6, 6.07) is 19.7. The van der Waals surface area contributed by atoms with Gasteiger partial charge >= 0.3 is 17.8 Å². The predicted molar refractivity (Wildman–Crippen MR) is 153 cm³/mol. The number of benzene rings is 2. The maximum Gasteiger partial charge on any atom is 0.342 e. The van der Waals surface area contributed by atoms with Gasteiger partial charge in [-0.05, 0) is 55.6 Å². The molecule has 2 heterocycles. The molecule has 1 N–H and O–H groups in total. The number of aryl methyl sites for hydroxylation is 2. The first kappa shape index (κ1) is 29.3. The largest absolute Gasteiger partial charge is 0.462 e. The molecule has 1 aliphatic rings. The van der Waals surface area contributed by atoms with Crippen molar-refractivity contribution in [3.05, 3.63) is 116 Å². The second kappa shape index (κ2) is 13.6. The van der Waals surface area contributed by atoms with Crippen LogP contribution in [0.25, 0.3) is 0 Å². The number of aromatic nitrogens is 2. The SMILES string of the molecule is CC1=C(C(=O)OCCCc2ccccc2)C(c2ncc([N+](=O)[O-])n2C)C(C(=O)OCCCc2ccccc2)=C(C)N1. The summed E-state index contributed by atoms with van der Waals surface area (Å²) in [4.78, 5) is 42.3. The van der Waals surface area contributed by atoms with Gasteiger partial charge in [-0.25, -0.2) is 19.1 Å². The van der Waals surface area contributed by atoms with Crippen molar-refractivity contribution in [2.75, 3.05) is 13.2 Å². The molecule has 4 rings (SSSR count). The minimum absolute atomic E-state index is 0.162. The average Bonchev–Trinajstić information content (AvgIpc) is 3.35. The Kier molecular flexibility index (Phi) is 9.68. The lowest BCUT2D eigenvalue weighted by Crippen LogP contribution is -2.34. The molecule has 0 amide bonds. The number of nitro groups is 1. The minimum Gasteiger partial charge on any atom is -0.462 e. The molecule has 2 aromatic carbocycles. The van der Waals surface area contributed by atoms with Crippen LogP contribution in [-0.2, 0) is 39.0 Å². The lowest BCUT2D eigenvalue weighted by Gasteiger charge is -2.28. The Balaban J connectivity index is 1.54. The van der Waals surface area contributed by atoms with E-state index in [4.69, 9.17) is 9.47 Å². The number of carbonyl (C=O) groups is 2. The molecule has 0 saturated carbocycles. The average molecular weight is 559 g/mol. The molecular weight excluding hydrogens is 524 g/mol. The fourth-order valence-electron chi connectivity index (χ4n) is 4.97. The van der Waals surface area contributed by atoms with Gasteiger partial charge in [0.25, 0.3) is 0 Å². The van der Waals surface area contributed by atoms with E-state index in [1.54, 1.807) is 13.8 Å². The van der Waals surface area contributed by atoms with Crippen LogP contribution in [0, 0.1) is 10.1 Å². The molecule has 0 saturated heterocycles. The molecule has 0 atom stereocenters. The van der Waals surface area contributed by atoms with Crippen molar-refractivity contribution in [1.29, 1.82) is 0 Å². The Bertz CT molecular complexity index is 1380. The van der Waals surface area contributed by atoms with Crippen LogP contribution in [0.4, 0.5) is 5.82 Å². The van der Waals surface area contributed by atoms with E-state index in [1.807, 2.05) is 60.7 Å². The molecule has 41 heavy (non-hydrogen) atoms. The van der Waals surface area contributed by atoms with E-state index < -0.39 is 22.8 Å². The number of rotatable bonds is 12. The van der Waals surface area contributed by atoms with Gasteiger partial charge < -0.3 is 24.9 Å². The van der Waals surface area contributed by atoms with Crippen LogP contribution in [0.3, 0.4) is 0 Å². The highest BCUT2D eigenvalue weighted by molar-refractivity contribution is 5.99. The standard InChI is InChI=1S/C31H34N4O6/c1-21-26(30(36)40-18-10-16-23-12-6-4-7-13-23)28(29-32-20-25(34(29)3)35(38)39)27(22(2)33-21)31(37)41-19-11-17-24-14-8-5-9-15-24/h4-9,12-15,20,28,33H,10-11,16-19H2,1-3H3. The molecular formula is C31H34N4O6. The Morgan fingerprint density at radius 2 is 1.34 bits per heavy atom. The van der Waals surface area contributed by atoms with Gasteiger partial charge in [-0.3, -0.25) is 0 Å². The number of dihydropyridines is 1. The molecule has 1 aromatic heterocycles. The number of carbonyl (C=O) groups excluding carboxylic acids is 2. The molecule has 0 aliphatic carbocycles. The maximum atomic E-state index is 13.5. The van der Waals surface area contributed by atoms with Gasteiger partial charge in [0.05, 0.1) is 31.4 Å². The highest BCUT2D eigenvalue weighted by Crippen LogP contribution is 2.39. The first-order valence-corrected chi connectivity index (χ1v) is 13.5. The first-order valence-electron chi connectivity index (χ1n) is 13.5. The van der Waals surface area contributed by atoms with Crippen molar-refractivity contribution in [3.63, 3.8) is 0 Å². The lowest BCUT2D eigenvalue weighted by atomic mass is 9.84. The number of hydrogen-bond acceptors (Lipinski definition) is 8. The van der Waals surface area contributed by atoms with Crippen LogP contribution >= 0.6 is 0 Å². The molecule has 0 spiro atoms. The van der Waals surface area contributed by atoms with Gasteiger partial charge in [-0.2, -0.15) is 0 Å². The van der Waals surface area contributed by atoms with Crippen molar-refractivity contribution in [1.82, 2.24) is 14.9 Å². The van der Waals surface area contributed by atoms with Crippen LogP contribution in [0.15, 0.2) is 89.4 Å². The van der Waals surface area contributed by atoms with Gasteiger partial charge in [-0.15, -0.1) is 0 Å². The van der Waals surface area contributed by atoms with E-state index in [1.165, 1.54) is 11.6 Å². The van der Waals surface area contributed by atoms with E-state index >= 15 is 0 Å². The van der Waals surface area contributed by atoms with E-state index in [0.29, 0.717) is 24.2 Å². The van der Waals surface area contributed by atoms with E-state index in [2.05, 4.69) is 10.3 Å². The fraction of sp³-hybridized carbons (Fsp3) is 0.323. The molecule has 0 bridgehead atoms. The Hall–Kier alpha value is -4.73. The van der Waals surface area contributed by atoms with Crippen molar-refractivity contribution >= 4 is 17.8 Å². The topological polar surface area (TPSA) is 126 Å². The number of imidazole rings is 1. The van der Waals surface area contributed by atoms with Gasteiger partial charge in [0, 0.05) is 11.4 Å². The van der Waals surface area contributed by atoms with E-state index in [9.17, 15) is 19.7 Å². The summed E-state index contributed by atoms with van der Waals surface area (Å²) in [5, 5.41) is 14.7. The smallest absolute Gasteiger partial charge is 0.342 e. The van der Waals surface area contributed by atoms with Gasteiger partial charge in [0.15, 0.2) is 0 Å². The summed E-state index contributed by atoms with van der Waals surface area (Å²) >= 11 is 0. The summed E-state index contributed by atoms with van der Waals surface area (Å²) in [6.45, 7) is 3.74. The summed E-state index contributed by atoms with van der Waals surface area (Å²) in [5.41, 5.74) is 3.55. The third-order valence-corrected chi connectivity index (χ3v) is 7.02. The third kappa shape index (κ3) is 7.08. The van der Waals surface area contributed by atoms with Crippen LogP contribution in [0.2, 0.25) is 0 Å².